The number of benzene rings is 2. The Morgan fingerprint density at radius 3 is 2.42 bits per heavy atom. The van der Waals surface area contributed by atoms with Gasteiger partial charge in [0.05, 0.1) is 6.10 Å². The molecule has 3 aromatic rings. The van der Waals surface area contributed by atoms with Crippen molar-refractivity contribution < 1.29 is 5.11 Å². The van der Waals surface area contributed by atoms with E-state index in [0.717, 1.165) is 16.7 Å². The number of rotatable bonds is 5. The SMILES string of the molecule is OC(c1cccnc1)C(Cc1ccccc1)c1ccc(Cl)cc1Cl. The van der Waals surface area contributed by atoms with Crippen molar-refractivity contribution >= 4 is 23.2 Å². The maximum atomic E-state index is 11.0. The number of halogens is 2. The van der Waals surface area contributed by atoms with Crippen molar-refractivity contribution in [1.82, 2.24) is 4.98 Å². The lowest BCUT2D eigenvalue weighted by molar-refractivity contribution is 0.144. The summed E-state index contributed by atoms with van der Waals surface area (Å²) in [6.45, 7) is 0. The maximum absolute atomic E-state index is 11.0. The molecular weight excluding hydrogens is 341 g/mol. The first-order valence-corrected chi connectivity index (χ1v) is 8.47. The van der Waals surface area contributed by atoms with Crippen molar-refractivity contribution in [3.8, 4) is 0 Å². The van der Waals surface area contributed by atoms with Gasteiger partial charge in [-0.25, -0.2) is 0 Å². The fraction of sp³-hybridized carbons (Fsp3) is 0.150. The molecule has 122 valence electrons. The predicted molar refractivity (Wildman–Crippen MR) is 98.5 cm³/mol. The first-order chi connectivity index (χ1) is 11.6. The summed E-state index contributed by atoms with van der Waals surface area (Å²) in [5, 5.41) is 12.1. The highest BCUT2D eigenvalue weighted by atomic mass is 35.5. The van der Waals surface area contributed by atoms with E-state index >= 15 is 0 Å². The van der Waals surface area contributed by atoms with Gasteiger partial charge in [0, 0.05) is 28.4 Å². The lowest BCUT2D eigenvalue weighted by atomic mass is 9.84. The van der Waals surface area contributed by atoms with Gasteiger partial charge < -0.3 is 5.11 Å². The molecule has 0 saturated heterocycles. The fourth-order valence-corrected chi connectivity index (χ4v) is 3.39. The highest BCUT2D eigenvalue weighted by Gasteiger charge is 2.25. The summed E-state index contributed by atoms with van der Waals surface area (Å²) in [6.07, 6.45) is 3.33. The van der Waals surface area contributed by atoms with Crippen molar-refractivity contribution in [2.75, 3.05) is 0 Å². The van der Waals surface area contributed by atoms with Gasteiger partial charge in [-0.05, 0) is 41.3 Å². The maximum Gasteiger partial charge on any atom is 0.0877 e. The lowest BCUT2D eigenvalue weighted by Gasteiger charge is -2.25. The number of aromatic nitrogens is 1. The van der Waals surface area contributed by atoms with Crippen LogP contribution < -0.4 is 0 Å². The van der Waals surface area contributed by atoms with E-state index in [4.69, 9.17) is 23.2 Å². The van der Waals surface area contributed by atoms with Crippen LogP contribution in [-0.4, -0.2) is 10.1 Å². The van der Waals surface area contributed by atoms with E-state index in [9.17, 15) is 5.11 Å². The Balaban J connectivity index is 2.00. The summed E-state index contributed by atoms with van der Waals surface area (Å²) in [5.74, 6) is -0.193. The summed E-state index contributed by atoms with van der Waals surface area (Å²) in [6, 6.07) is 19.2. The van der Waals surface area contributed by atoms with Crippen LogP contribution in [0.3, 0.4) is 0 Å². The Bertz CT molecular complexity index is 793. The molecule has 3 rings (SSSR count). The van der Waals surface area contributed by atoms with E-state index in [1.165, 1.54) is 0 Å². The van der Waals surface area contributed by atoms with Crippen LogP contribution in [0.5, 0.6) is 0 Å². The first kappa shape index (κ1) is 17.0. The average molecular weight is 358 g/mol. The molecule has 0 spiro atoms. The van der Waals surface area contributed by atoms with Crippen LogP contribution in [0.4, 0.5) is 0 Å². The summed E-state index contributed by atoms with van der Waals surface area (Å²) in [5.41, 5.74) is 2.78. The third kappa shape index (κ3) is 3.96. The molecule has 0 saturated carbocycles. The van der Waals surface area contributed by atoms with Gasteiger partial charge in [0.15, 0.2) is 0 Å². The van der Waals surface area contributed by atoms with E-state index < -0.39 is 6.10 Å². The number of aliphatic hydroxyl groups is 1. The zero-order valence-electron chi connectivity index (χ0n) is 12.9. The van der Waals surface area contributed by atoms with Crippen molar-refractivity contribution in [2.45, 2.75) is 18.4 Å². The highest BCUT2D eigenvalue weighted by molar-refractivity contribution is 6.35. The summed E-state index contributed by atoms with van der Waals surface area (Å²) in [4.78, 5) is 4.11. The van der Waals surface area contributed by atoms with Gasteiger partial charge in [-0.3, -0.25) is 4.98 Å². The molecule has 0 aliphatic carbocycles. The van der Waals surface area contributed by atoms with Crippen LogP contribution in [0.1, 0.15) is 28.7 Å². The predicted octanol–water partition coefficient (Wildman–Crippen LogP) is 5.45. The second-order valence-electron chi connectivity index (χ2n) is 5.69. The smallest absolute Gasteiger partial charge is 0.0877 e. The number of nitrogens with zero attached hydrogens (tertiary/aromatic N) is 1. The van der Waals surface area contributed by atoms with Crippen molar-refractivity contribution in [3.63, 3.8) is 0 Å². The van der Waals surface area contributed by atoms with Crippen LogP contribution in [0.2, 0.25) is 10.0 Å². The van der Waals surface area contributed by atoms with Gasteiger partial charge in [0.1, 0.15) is 0 Å². The Kier molecular flexibility index (Phi) is 5.52. The molecule has 2 unspecified atom stereocenters. The first-order valence-electron chi connectivity index (χ1n) is 7.72. The Labute approximate surface area is 151 Å². The molecule has 2 nitrogen and oxygen atoms in total. The molecular formula is C20H17Cl2NO. The number of pyridine rings is 1. The molecule has 2 aromatic carbocycles. The van der Waals surface area contributed by atoms with Crippen molar-refractivity contribution in [1.29, 1.82) is 0 Å². The second-order valence-corrected chi connectivity index (χ2v) is 6.54. The average Bonchev–Trinajstić information content (AvgIpc) is 2.61. The zero-order valence-corrected chi connectivity index (χ0v) is 14.5. The zero-order chi connectivity index (χ0) is 16.9. The molecule has 0 radical (unpaired) electrons. The van der Waals surface area contributed by atoms with Gasteiger partial charge in [-0.2, -0.15) is 0 Å². The fourth-order valence-electron chi connectivity index (χ4n) is 2.85. The Morgan fingerprint density at radius 1 is 0.958 bits per heavy atom. The Morgan fingerprint density at radius 2 is 1.75 bits per heavy atom. The van der Waals surface area contributed by atoms with Gasteiger partial charge >= 0.3 is 0 Å². The minimum Gasteiger partial charge on any atom is -0.388 e. The number of hydrogen-bond acceptors (Lipinski definition) is 2. The van der Waals surface area contributed by atoms with Gasteiger partial charge in [0.25, 0.3) is 0 Å². The normalized spacial score (nSPS) is 13.5. The number of aliphatic hydroxyl groups excluding tert-OH is 1. The van der Waals surface area contributed by atoms with Crippen LogP contribution in [0.15, 0.2) is 73.1 Å². The molecule has 0 aliphatic rings. The van der Waals surface area contributed by atoms with Gasteiger partial charge in [-0.1, -0.05) is 65.7 Å². The molecule has 24 heavy (non-hydrogen) atoms. The Hall–Kier alpha value is -1.87. The third-order valence-corrected chi connectivity index (χ3v) is 4.63. The standard InChI is InChI=1S/C20H17Cl2NO/c21-16-8-9-17(19(22)12-16)18(11-14-5-2-1-3-6-14)20(24)15-7-4-10-23-13-15/h1-10,12-13,18,20,24H,11H2. The monoisotopic (exact) mass is 357 g/mol. The highest BCUT2D eigenvalue weighted by Crippen LogP contribution is 2.38. The van der Waals surface area contributed by atoms with Crippen LogP contribution in [0.25, 0.3) is 0 Å². The topological polar surface area (TPSA) is 33.1 Å². The molecule has 0 amide bonds. The molecule has 1 heterocycles. The molecule has 0 fully saturated rings. The molecule has 4 heteroatoms. The molecule has 1 aromatic heterocycles. The minimum absolute atomic E-state index is 0.193. The minimum atomic E-state index is -0.711. The molecule has 2 atom stereocenters. The molecule has 0 bridgehead atoms. The summed E-state index contributed by atoms with van der Waals surface area (Å²) >= 11 is 12.4. The largest absolute Gasteiger partial charge is 0.388 e. The third-order valence-electron chi connectivity index (χ3n) is 4.07. The second kappa shape index (κ2) is 7.80. The molecule has 1 N–H and O–H groups in total. The van der Waals surface area contributed by atoms with E-state index in [2.05, 4.69) is 4.98 Å². The van der Waals surface area contributed by atoms with E-state index in [1.807, 2.05) is 48.5 Å². The van der Waals surface area contributed by atoms with E-state index in [-0.39, 0.29) is 5.92 Å². The van der Waals surface area contributed by atoms with Gasteiger partial charge in [0.2, 0.25) is 0 Å². The van der Waals surface area contributed by atoms with Crippen LogP contribution in [0, 0.1) is 0 Å². The number of hydrogen-bond donors (Lipinski definition) is 1. The van der Waals surface area contributed by atoms with Crippen LogP contribution in [-0.2, 0) is 6.42 Å². The quantitative estimate of drug-likeness (QED) is 0.658. The summed E-state index contributed by atoms with van der Waals surface area (Å²) in [7, 11) is 0. The lowest BCUT2D eigenvalue weighted by Crippen LogP contribution is -2.14. The molecule has 0 aliphatic heterocycles. The van der Waals surface area contributed by atoms with E-state index in [1.54, 1.807) is 24.5 Å². The van der Waals surface area contributed by atoms with Crippen LogP contribution >= 0.6 is 23.2 Å². The summed E-state index contributed by atoms with van der Waals surface area (Å²) < 4.78 is 0. The van der Waals surface area contributed by atoms with Gasteiger partial charge in [-0.15, -0.1) is 0 Å². The van der Waals surface area contributed by atoms with Crippen molar-refractivity contribution in [3.05, 3.63) is 99.8 Å². The van der Waals surface area contributed by atoms with Crippen molar-refractivity contribution in [2.24, 2.45) is 0 Å². The van der Waals surface area contributed by atoms with E-state index in [0.29, 0.717) is 16.5 Å².